The molecule has 0 spiro atoms. The van der Waals surface area contributed by atoms with Crippen LogP contribution in [0.4, 0.5) is 39.5 Å². The highest BCUT2D eigenvalue weighted by Gasteiger charge is 2.35. The Morgan fingerprint density at radius 1 is 0.565 bits per heavy atom. The Labute approximate surface area is 343 Å². The average molecular weight is 861 g/mol. The van der Waals surface area contributed by atoms with Gasteiger partial charge in [0.25, 0.3) is 0 Å². The van der Waals surface area contributed by atoms with E-state index in [2.05, 4.69) is 30.7 Å². The minimum atomic E-state index is -4.82. The van der Waals surface area contributed by atoms with Crippen molar-refractivity contribution in [2.75, 3.05) is 0 Å². The SMILES string of the molecule is Cc1cccc(-c2c(C(N)=NO)cc(C(F)(F)F)cc2-c2ccc3[nH]ncc3c2)c1.NC(=NO)c1cc(C(F)(F)F)cc(-c2ccc3[nH]ncc3c2)c1-c1cc(F)c(F)c(F)c1. The van der Waals surface area contributed by atoms with Gasteiger partial charge in [0.05, 0.1) is 34.6 Å². The number of halogens is 9. The summed E-state index contributed by atoms with van der Waals surface area (Å²) in [5.41, 5.74) is 12.8. The third-order valence-electron chi connectivity index (χ3n) is 9.78. The summed E-state index contributed by atoms with van der Waals surface area (Å²) in [5, 5.41) is 38.8. The van der Waals surface area contributed by atoms with Crippen LogP contribution in [-0.2, 0) is 12.4 Å². The number of rotatable bonds is 6. The number of benzene rings is 6. The van der Waals surface area contributed by atoms with Crippen molar-refractivity contribution in [2.45, 2.75) is 19.3 Å². The summed E-state index contributed by atoms with van der Waals surface area (Å²) in [6.07, 6.45) is -6.39. The normalized spacial score (nSPS) is 12.5. The Hall–Kier alpha value is -7.83. The lowest BCUT2D eigenvalue weighted by molar-refractivity contribution is -0.138. The van der Waals surface area contributed by atoms with E-state index in [1.165, 1.54) is 18.3 Å². The molecule has 19 heteroatoms. The lowest BCUT2D eigenvalue weighted by Gasteiger charge is -2.19. The van der Waals surface area contributed by atoms with Gasteiger partial charge in [-0.3, -0.25) is 10.2 Å². The van der Waals surface area contributed by atoms with Gasteiger partial charge in [0.2, 0.25) is 0 Å². The number of aryl methyl sites for hydroxylation is 1. The fourth-order valence-electron chi connectivity index (χ4n) is 6.92. The molecule has 8 N–H and O–H groups in total. The van der Waals surface area contributed by atoms with Crippen LogP contribution in [0.5, 0.6) is 0 Å². The van der Waals surface area contributed by atoms with E-state index in [9.17, 15) is 44.7 Å². The standard InChI is InChI=1S/C22H17F3N4O.C21H12F6N4O/c1-12-3-2-4-14(7-12)20-17(13-5-6-19-15(8-13)11-27-28-19)9-16(22(23,24)25)10-18(20)21(26)29-30;22-15-4-10(5-16(23)19(15)24)18-13(9-1-2-17-11(3-9)8-29-30-17)6-12(21(25,26)27)7-14(18)20(28)31-32/h2-11,30H,1H3,(H2,26,29)(H,27,28);1-8,32H,(H2,28,31)(H,29,30). The number of hydrogen-bond donors (Lipinski definition) is 6. The van der Waals surface area contributed by atoms with Crippen LogP contribution in [0.25, 0.3) is 66.3 Å². The molecule has 8 rings (SSSR count). The van der Waals surface area contributed by atoms with E-state index in [0.717, 1.165) is 34.7 Å². The Balaban J connectivity index is 0.000000187. The zero-order chi connectivity index (χ0) is 44.7. The molecular formula is C43H29F9N8O2. The maximum absolute atomic E-state index is 14.0. The molecule has 0 saturated carbocycles. The van der Waals surface area contributed by atoms with Crippen LogP contribution in [0.15, 0.2) is 120 Å². The monoisotopic (exact) mass is 860 g/mol. The van der Waals surface area contributed by atoms with Gasteiger partial charge >= 0.3 is 12.4 Å². The summed E-state index contributed by atoms with van der Waals surface area (Å²) in [6, 6.07) is 21.6. The van der Waals surface area contributed by atoms with Gasteiger partial charge in [-0.05, 0) is 101 Å². The fourth-order valence-corrected chi connectivity index (χ4v) is 6.92. The highest BCUT2D eigenvalue weighted by molar-refractivity contribution is 6.08. The van der Waals surface area contributed by atoms with Crippen LogP contribution in [-0.4, -0.2) is 42.5 Å². The third-order valence-corrected chi connectivity index (χ3v) is 9.78. The second-order valence-electron chi connectivity index (χ2n) is 13.8. The van der Waals surface area contributed by atoms with Crippen LogP contribution in [0.1, 0.15) is 27.8 Å². The molecule has 0 unspecified atom stereocenters. The van der Waals surface area contributed by atoms with Crippen LogP contribution < -0.4 is 11.5 Å². The van der Waals surface area contributed by atoms with Crippen LogP contribution in [0.3, 0.4) is 0 Å². The first kappa shape index (κ1) is 42.3. The predicted octanol–water partition coefficient (Wildman–Crippen LogP) is 10.7. The van der Waals surface area contributed by atoms with Gasteiger partial charge < -0.3 is 21.9 Å². The van der Waals surface area contributed by atoms with Crippen molar-refractivity contribution < 1.29 is 49.9 Å². The first-order valence-electron chi connectivity index (χ1n) is 17.9. The number of nitrogens with zero attached hydrogens (tertiary/aromatic N) is 4. The maximum Gasteiger partial charge on any atom is 0.416 e. The van der Waals surface area contributed by atoms with E-state index < -0.39 is 58.2 Å². The van der Waals surface area contributed by atoms with Gasteiger partial charge in [0.15, 0.2) is 29.1 Å². The Morgan fingerprint density at radius 2 is 1.02 bits per heavy atom. The molecule has 316 valence electrons. The summed E-state index contributed by atoms with van der Waals surface area (Å²) < 4.78 is 123. The molecule has 0 saturated heterocycles. The predicted molar refractivity (Wildman–Crippen MR) is 214 cm³/mol. The summed E-state index contributed by atoms with van der Waals surface area (Å²) in [6.45, 7) is 1.88. The zero-order valence-electron chi connectivity index (χ0n) is 31.6. The maximum atomic E-state index is 14.0. The van der Waals surface area contributed by atoms with Crippen LogP contribution in [0.2, 0.25) is 0 Å². The molecule has 0 aliphatic rings. The van der Waals surface area contributed by atoms with Gasteiger partial charge in [0.1, 0.15) is 0 Å². The van der Waals surface area contributed by atoms with E-state index in [-0.39, 0.29) is 27.8 Å². The smallest absolute Gasteiger partial charge is 0.409 e. The second kappa shape index (κ2) is 16.3. The lowest BCUT2D eigenvalue weighted by Crippen LogP contribution is -2.17. The van der Waals surface area contributed by atoms with Gasteiger partial charge in [-0.2, -0.15) is 36.5 Å². The lowest BCUT2D eigenvalue weighted by atomic mass is 9.87. The molecule has 2 heterocycles. The van der Waals surface area contributed by atoms with Crippen molar-refractivity contribution in [1.29, 1.82) is 0 Å². The number of hydrogen-bond acceptors (Lipinski definition) is 6. The molecule has 8 aromatic rings. The van der Waals surface area contributed by atoms with Crippen LogP contribution >= 0.6 is 0 Å². The van der Waals surface area contributed by atoms with E-state index in [4.69, 9.17) is 16.7 Å². The average Bonchev–Trinajstić information content (AvgIpc) is 3.93. The number of amidine groups is 2. The van der Waals surface area contributed by atoms with E-state index in [1.54, 1.807) is 42.6 Å². The molecule has 0 atom stereocenters. The third kappa shape index (κ3) is 8.32. The van der Waals surface area contributed by atoms with Crippen molar-refractivity contribution in [3.05, 3.63) is 155 Å². The van der Waals surface area contributed by atoms with Crippen molar-refractivity contribution in [3.8, 4) is 44.5 Å². The molecule has 0 aliphatic heterocycles. The number of oxime groups is 2. The Bertz CT molecular complexity index is 3040. The molecule has 2 aromatic heterocycles. The number of H-pyrrole nitrogens is 2. The van der Waals surface area contributed by atoms with E-state index in [1.807, 2.05) is 19.1 Å². The summed E-state index contributed by atoms with van der Waals surface area (Å²) in [4.78, 5) is 0. The van der Waals surface area contributed by atoms with E-state index >= 15 is 0 Å². The van der Waals surface area contributed by atoms with Gasteiger partial charge in [-0.15, -0.1) is 0 Å². The molecule has 0 fully saturated rings. The van der Waals surface area contributed by atoms with Crippen molar-refractivity contribution >= 4 is 33.5 Å². The van der Waals surface area contributed by atoms with Crippen molar-refractivity contribution in [3.63, 3.8) is 0 Å². The molecule has 6 aromatic carbocycles. The Morgan fingerprint density at radius 3 is 1.44 bits per heavy atom. The van der Waals surface area contributed by atoms with Gasteiger partial charge in [0, 0.05) is 33.0 Å². The van der Waals surface area contributed by atoms with Crippen LogP contribution in [0, 0.1) is 24.4 Å². The van der Waals surface area contributed by atoms with E-state index in [0.29, 0.717) is 51.4 Å². The molecule has 0 amide bonds. The first-order valence-corrected chi connectivity index (χ1v) is 17.9. The number of fused-ring (bicyclic) bond motifs is 2. The minimum Gasteiger partial charge on any atom is -0.409 e. The molecule has 0 aliphatic carbocycles. The summed E-state index contributed by atoms with van der Waals surface area (Å²) >= 11 is 0. The second-order valence-corrected chi connectivity index (χ2v) is 13.8. The molecule has 0 bridgehead atoms. The highest BCUT2D eigenvalue weighted by Crippen LogP contribution is 2.43. The van der Waals surface area contributed by atoms with Crippen molar-refractivity contribution in [1.82, 2.24) is 20.4 Å². The Kier molecular flexibility index (Phi) is 11.1. The topological polar surface area (TPSA) is 175 Å². The van der Waals surface area contributed by atoms with Gasteiger partial charge in [-0.25, -0.2) is 13.2 Å². The number of aromatic amines is 2. The van der Waals surface area contributed by atoms with Crippen molar-refractivity contribution in [2.24, 2.45) is 21.8 Å². The highest BCUT2D eigenvalue weighted by atomic mass is 19.4. The molecule has 10 nitrogen and oxygen atoms in total. The zero-order valence-corrected chi connectivity index (χ0v) is 31.6. The molecule has 0 radical (unpaired) electrons. The number of aromatic nitrogens is 4. The molecule has 62 heavy (non-hydrogen) atoms. The number of nitrogens with two attached hydrogens (primary N) is 2. The largest absolute Gasteiger partial charge is 0.416 e. The summed E-state index contributed by atoms with van der Waals surface area (Å²) in [7, 11) is 0. The number of alkyl halides is 6. The first-order chi connectivity index (χ1) is 29.4. The quantitative estimate of drug-likeness (QED) is 0.0242. The fraction of sp³-hybridized carbons (Fsp3) is 0.0698. The number of nitrogens with one attached hydrogen (secondary N) is 2. The van der Waals surface area contributed by atoms with Gasteiger partial charge in [-0.1, -0.05) is 52.3 Å². The minimum absolute atomic E-state index is 0.000200. The molecular weight excluding hydrogens is 832 g/mol. The summed E-state index contributed by atoms with van der Waals surface area (Å²) in [5.74, 6) is -5.99.